The van der Waals surface area contributed by atoms with Crippen molar-refractivity contribution in [1.82, 2.24) is 5.32 Å². The van der Waals surface area contributed by atoms with Crippen molar-refractivity contribution in [2.75, 3.05) is 6.61 Å². The van der Waals surface area contributed by atoms with Crippen LogP contribution >= 0.6 is 0 Å². The van der Waals surface area contributed by atoms with Gasteiger partial charge in [-0.1, -0.05) is 13.8 Å². The number of carbonyl (C=O) groups is 2. The maximum atomic E-state index is 13.2. The minimum Gasteiger partial charge on any atom is -0.492 e. The third kappa shape index (κ3) is 6.40. The van der Waals surface area contributed by atoms with Gasteiger partial charge in [0, 0.05) is 6.92 Å². The average molecular weight is 522 g/mol. The van der Waals surface area contributed by atoms with Gasteiger partial charge in [0.1, 0.15) is 42.7 Å². The number of aliphatic hydroxyl groups is 3. The van der Waals surface area contributed by atoms with Crippen LogP contribution in [0.4, 0.5) is 0 Å². The summed E-state index contributed by atoms with van der Waals surface area (Å²) in [6.45, 7) is 11.6. The lowest BCUT2D eigenvalue weighted by Gasteiger charge is -2.48. The van der Waals surface area contributed by atoms with Gasteiger partial charge >= 0.3 is 14.5 Å². The third-order valence-corrected chi connectivity index (χ3v) is 7.77. The Bertz CT molecular complexity index is 766. The van der Waals surface area contributed by atoms with Gasteiger partial charge in [0.05, 0.1) is 18.8 Å². The first-order valence-electron chi connectivity index (χ1n) is 12.0. The summed E-state index contributed by atoms with van der Waals surface area (Å²) in [7, 11) is -3.09. The van der Waals surface area contributed by atoms with Crippen molar-refractivity contribution in [3.05, 3.63) is 0 Å². The molecule has 0 aliphatic carbocycles. The molecule has 3 saturated heterocycles. The van der Waals surface area contributed by atoms with Crippen molar-refractivity contribution >= 4 is 20.4 Å². The summed E-state index contributed by atoms with van der Waals surface area (Å²) in [6, 6.07) is -1.00. The molecular formula is C22H39NO11Si. The maximum absolute atomic E-state index is 13.2. The molecule has 3 aliphatic heterocycles. The molecule has 202 valence electrons. The van der Waals surface area contributed by atoms with E-state index in [-0.39, 0.29) is 18.6 Å². The van der Waals surface area contributed by atoms with Crippen LogP contribution < -0.4 is 5.32 Å². The number of aliphatic hydroxyl groups excluding tert-OH is 3. The summed E-state index contributed by atoms with van der Waals surface area (Å²) in [5.74, 6) is -1.46. The fourth-order valence-corrected chi connectivity index (χ4v) is 5.82. The second kappa shape index (κ2) is 11.1. The standard InChI is InChI=1S/C22H39NO11Si/c1-9(2)17-15(26)16(27)19-20(32-17)21(28)34-35(6,7)29-8-12-14(25)18(30-10(3)4)13(23-11(5)24)22(31-12)33-19/h9-10,12-20,22,25-27H,8H2,1-7H3,(H,23,24). The molecule has 0 aromatic rings. The van der Waals surface area contributed by atoms with Crippen molar-refractivity contribution in [2.24, 2.45) is 5.92 Å². The topological polar surface area (TPSA) is 162 Å². The number of ether oxygens (including phenoxy) is 4. The molecule has 0 saturated carbocycles. The van der Waals surface area contributed by atoms with Crippen molar-refractivity contribution in [3.63, 3.8) is 0 Å². The third-order valence-electron chi connectivity index (χ3n) is 6.22. The summed E-state index contributed by atoms with van der Waals surface area (Å²) < 4.78 is 35.5. The summed E-state index contributed by atoms with van der Waals surface area (Å²) in [5, 5.41) is 35.5. The van der Waals surface area contributed by atoms with Gasteiger partial charge in [-0.05, 0) is 32.9 Å². The molecule has 3 rings (SSSR count). The highest BCUT2D eigenvalue weighted by atomic mass is 28.4. The molecule has 10 unspecified atom stereocenters. The molecule has 35 heavy (non-hydrogen) atoms. The Morgan fingerprint density at radius 1 is 1.06 bits per heavy atom. The van der Waals surface area contributed by atoms with Crippen LogP contribution in [0.2, 0.25) is 13.1 Å². The first-order valence-corrected chi connectivity index (χ1v) is 14.8. The minimum atomic E-state index is -3.09. The van der Waals surface area contributed by atoms with Crippen LogP contribution in [-0.2, 0) is 37.4 Å². The predicted octanol–water partition coefficient (Wildman–Crippen LogP) is -0.824. The minimum absolute atomic E-state index is 0.131. The van der Waals surface area contributed by atoms with E-state index in [1.54, 1.807) is 40.8 Å². The Balaban J connectivity index is 2.05. The zero-order chi connectivity index (χ0) is 26.2. The molecule has 0 aromatic heterocycles. The van der Waals surface area contributed by atoms with Gasteiger partial charge < -0.3 is 48.4 Å². The van der Waals surface area contributed by atoms with E-state index in [0.29, 0.717) is 0 Å². The van der Waals surface area contributed by atoms with Crippen LogP contribution in [-0.4, -0.2) is 110 Å². The largest absolute Gasteiger partial charge is 0.492 e. The van der Waals surface area contributed by atoms with Crippen LogP contribution in [0.3, 0.4) is 0 Å². The summed E-state index contributed by atoms with van der Waals surface area (Å²) in [6.07, 6.45) is -11.3. The van der Waals surface area contributed by atoms with E-state index < -0.39 is 81.6 Å². The zero-order valence-electron chi connectivity index (χ0n) is 21.2. The molecule has 0 spiro atoms. The molecule has 4 N–H and O–H groups in total. The number of hydrogen-bond acceptors (Lipinski definition) is 11. The summed E-state index contributed by atoms with van der Waals surface area (Å²) >= 11 is 0. The lowest BCUT2D eigenvalue weighted by molar-refractivity contribution is -0.323. The lowest BCUT2D eigenvalue weighted by Crippen LogP contribution is -2.68. The molecule has 10 atom stereocenters. The number of rotatable bonds is 4. The second-order valence-corrected chi connectivity index (χ2v) is 13.7. The van der Waals surface area contributed by atoms with Crippen LogP contribution in [0.1, 0.15) is 34.6 Å². The molecule has 13 heteroatoms. The Morgan fingerprint density at radius 3 is 2.29 bits per heavy atom. The molecule has 1 amide bonds. The van der Waals surface area contributed by atoms with E-state index in [4.69, 9.17) is 27.8 Å². The van der Waals surface area contributed by atoms with Gasteiger partial charge in [0.2, 0.25) is 5.91 Å². The Hall–Kier alpha value is -1.16. The molecule has 3 fully saturated rings. The molecule has 2 bridgehead atoms. The lowest BCUT2D eigenvalue weighted by atomic mass is 9.89. The van der Waals surface area contributed by atoms with Crippen LogP contribution in [0.25, 0.3) is 0 Å². The molecule has 0 radical (unpaired) electrons. The Kier molecular flexibility index (Phi) is 8.98. The van der Waals surface area contributed by atoms with Crippen molar-refractivity contribution in [1.29, 1.82) is 0 Å². The van der Waals surface area contributed by atoms with Gasteiger partial charge in [-0.25, -0.2) is 0 Å². The highest BCUT2D eigenvalue weighted by Crippen LogP contribution is 2.34. The first-order chi connectivity index (χ1) is 16.2. The molecular weight excluding hydrogens is 482 g/mol. The normalized spacial score (nSPS) is 42.1. The van der Waals surface area contributed by atoms with Gasteiger partial charge in [-0.2, -0.15) is 0 Å². The van der Waals surface area contributed by atoms with Crippen LogP contribution in [0.15, 0.2) is 0 Å². The van der Waals surface area contributed by atoms with Crippen LogP contribution in [0.5, 0.6) is 0 Å². The second-order valence-electron chi connectivity index (χ2n) is 10.4. The predicted molar refractivity (Wildman–Crippen MR) is 122 cm³/mol. The molecule has 3 aliphatic rings. The number of fused-ring (bicyclic) bond motifs is 3. The highest BCUT2D eigenvalue weighted by Gasteiger charge is 2.55. The highest BCUT2D eigenvalue weighted by molar-refractivity contribution is 6.66. The first kappa shape index (κ1) is 28.4. The number of amides is 1. The molecule has 3 heterocycles. The number of hydrogen-bond donors (Lipinski definition) is 4. The van der Waals surface area contributed by atoms with Gasteiger partial charge in [0.15, 0.2) is 12.4 Å². The van der Waals surface area contributed by atoms with Gasteiger partial charge in [-0.15, -0.1) is 0 Å². The van der Waals surface area contributed by atoms with E-state index in [1.807, 2.05) is 0 Å². The zero-order valence-corrected chi connectivity index (χ0v) is 22.2. The van der Waals surface area contributed by atoms with E-state index >= 15 is 0 Å². The Labute approximate surface area is 206 Å². The number of nitrogens with one attached hydrogen (secondary N) is 1. The van der Waals surface area contributed by atoms with Crippen LogP contribution in [0, 0.1) is 5.92 Å². The van der Waals surface area contributed by atoms with E-state index in [2.05, 4.69) is 5.32 Å². The van der Waals surface area contributed by atoms with Crippen molar-refractivity contribution in [2.45, 2.75) is 115 Å². The fourth-order valence-electron chi connectivity index (χ4n) is 4.59. The van der Waals surface area contributed by atoms with Gasteiger partial charge in [-0.3, -0.25) is 9.59 Å². The van der Waals surface area contributed by atoms with Crippen molar-refractivity contribution in [3.8, 4) is 0 Å². The maximum Gasteiger partial charge on any atom is 0.395 e. The van der Waals surface area contributed by atoms with Crippen molar-refractivity contribution < 1.29 is 52.7 Å². The summed E-state index contributed by atoms with van der Waals surface area (Å²) in [5.41, 5.74) is 0. The molecule has 0 aromatic carbocycles. The fraction of sp³-hybridized carbons (Fsp3) is 0.909. The summed E-state index contributed by atoms with van der Waals surface area (Å²) in [4.78, 5) is 25.2. The number of carbonyl (C=O) groups excluding carboxylic acids is 2. The monoisotopic (exact) mass is 521 g/mol. The average Bonchev–Trinajstić information content (AvgIpc) is 2.74. The Morgan fingerprint density at radius 2 is 1.71 bits per heavy atom. The smallest absolute Gasteiger partial charge is 0.395 e. The van der Waals surface area contributed by atoms with E-state index in [1.165, 1.54) is 6.92 Å². The van der Waals surface area contributed by atoms with E-state index in [0.717, 1.165) is 0 Å². The quantitative estimate of drug-likeness (QED) is 0.342. The van der Waals surface area contributed by atoms with E-state index in [9.17, 15) is 24.9 Å². The van der Waals surface area contributed by atoms with Gasteiger partial charge in [0.25, 0.3) is 0 Å². The SMILES string of the molecule is CC(=O)NC1C2OC(CO[Si](C)(C)OC(=O)C3OC(C(C)C)C(O)C(O)C3O2)C(O)C1OC(C)C. The molecule has 12 nitrogen and oxygen atoms in total.